The summed E-state index contributed by atoms with van der Waals surface area (Å²) in [4.78, 5) is 21.8. The first-order valence-corrected chi connectivity index (χ1v) is 4.98. The highest BCUT2D eigenvalue weighted by molar-refractivity contribution is 5.84. The summed E-state index contributed by atoms with van der Waals surface area (Å²) >= 11 is 0. The van der Waals surface area contributed by atoms with Crippen molar-refractivity contribution in [1.29, 1.82) is 0 Å². The summed E-state index contributed by atoms with van der Waals surface area (Å²) in [6.45, 7) is 6.18. The number of aliphatic carboxylic acids is 1. The highest BCUT2D eigenvalue weighted by Crippen LogP contribution is 2.13. The van der Waals surface area contributed by atoms with Gasteiger partial charge in [-0.25, -0.2) is 4.79 Å². The molecule has 16 heavy (non-hydrogen) atoms. The molecule has 6 nitrogen and oxygen atoms in total. The Kier molecular flexibility index (Phi) is 5.40. The van der Waals surface area contributed by atoms with Crippen LogP contribution in [-0.2, 0) is 14.3 Å². The van der Waals surface area contributed by atoms with Crippen LogP contribution in [0.5, 0.6) is 0 Å². The molecule has 0 heterocycles. The number of hydrogen-bond acceptors (Lipinski definition) is 4. The smallest absolute Gasteiger partial charge is 0.328 e. The number of aliphatic hydroxyl groups excluding tert-OH is 1. The number of aliphatic hydroxyl groups is 1. The zero-order valence-electron chi connectivity index (χ0n) is 9.98. The van der Waals surface area contributed by atoms with Crippen LogP contribution in [-0.4, -0.2) is 46.4 Å². The topological polar surface area (TPSA) is 95.9 Å². The Balaban J connectivity index is 4.53. The third-order valence-electron chi connectivity index (χ3n) is 1.74. The normalized spacial score (nSPS) is 15.3. The van der Waals surface area contributed by atoms with Crippen molar-refractivity contribution in [3.8, 4) is 0 Å². The van der Waals surface area contributed by atoms with Crippen molar-refractivity contribution in [1.82, 2.24) is 5.32 Å². The molecule has 0 spiro atoms. The van der Waals surface area contributed by atoms with E-state index in [9.17, 15) is 9.59 Å². The second-order valence-electron chi connectivity index (χ2n) is 4.48. The molecule has 6 heteroatoms. The van der Waals surface area contributed by atoms with E-state index < -0.39 is 36.2 Å². The van der Waals surface area contributed by atoms with Crippen molar-refractivity contribution in [3.05, 3.63) is 0 Å². The maximum absolute atomic E-state index is 10.9. The zero-order valence-corrected chi connectivity index (χ0v) is 9.98. The standard InChI is InChI=1S/C10H19NO5/c1-6(16-10(2,3)4)8(9(14)15)11-7(13)5-12/h6,8,12H,5H2,1-4H3,(H,11,13)(H,14,15). The molecule has 0 aliphatic carbocycles. The van der Waals surface area contributed by atoms with Crippen molar-refractivity contribution in [2.24, 2.45) is 0 Å². The average Bonchev–Trinajstić information content (AvgIpc) is 2.09. The molecule has 0 rings (SSSR count). The van der Waals surface area contributed by atoms with Gasteiger partial charge in [0.15, 0.2) is 6.04 Å². The largest absolute Gasteiger partial charge is 0.480 e. The number of carboxylic acids is 1. The first-order chi connectivity index (χ1) is 7.17. The van der Waals surface area contributed by atoms with E-state index in [1.54, 1.807) is 27.7 Å². The first-order valence-electron chi connectivity index (χ1n) is 4.98. The lowest BCUT2D eigenvalue weighted by Gasteiger charge is -2.29. The maximum Gasteiger partial charge on any atom is 0.328 e. The lowest BCUT2D eigenvalue weighted by molar-refractivity contribution is -0.150. The molecule has 0 aromatic rings. The molecule has 0 aliphatic heterocycles. The van der Waals surface area contributed by atoms with Gasteiger partial charge in [0.2, 0.25) is 5.91 Å². The van der Waals surface area contributed by atoms with Gasteiger partial charge in [0.25, 0.3) is 0 Å². The second-order valence-corrected chi connectivity index (χ2v) is 4.48. The van der Waals surface area contributed by atoms with Crippen LogP contribution in [0.3, 0.4) is 0 Å². The SMILES string of the molecule is CC(OC(C)(C)C)C(NC(=O)CO)C(=O)O. The van der Waals surface area contributed by atoms with Crippen LogP contribution in [0.15, 0.2) is 0 Å². The molecular formula is C10H19NO5. The first kappa shape index (κ1) is 14.9. The Morgan fingerprint density at radius 2 is 1.88 bits per heavy atom. The predicted molar refractivity (Wildman–Crippen MR) is 57.0 cm³/mol. The summed E-state index contributed by atoms with van der Waals surface area (Å²) in [5.41, 5.74) is -0.503. The molecule has 0 aromatic heterocycles. The van der Waals surface area contributed by atoms with Gasteiger partial charge in [-0.1, -0.05) is 0 Å². The van der Waals surface area contributed by atoms with Gasteiger partial charge in [0, 0.05) is 0 Å². The third kappa shape index (κ3) is 5.67. The van der Waals surface area contributed by atoms with Gasteiger partial charge in [-0.2, -0.15) is 0 Å². The molecule has 2 atom stereocenters. The Hall–Kier alpha value is -1.14. The van der Waals surface area contributed by atoms with E-state index in [-0.39, 0.29) is 0 Å². The fourth-order valence-corrected chi connectivity index (χ4v) is 1.22. The van der Waals surface area contributed by atoms with E-state index in [4.69, 9.17) is 14.9 Å². The fourth-order valence-electron chi connectivity index (χ4n) is 1.22. The van der Waals surface area contributed by atoms with Crippen LogP contribution >= 0.6 is 0 Å². The molecule has 1 amide bonds. The quantitative estimate of drug-likeness (QED) is 0.608. The average molecular weight is 233 g/mol. The molecule has 0 saturated carbocycles. The number of carboxylic acid groups (broad SMARTS) is 1. The zero-order chi connectivity index (χ0) is 12.9. The number of carbonyl (C=O) groups is 2. The Morgan fingerprint density at radius 3 is 2.19 bits per heavy atom. The Bertz CT molecular complexity index is 258. The van der Waals surface area contributed by atoms with Crippen LogP contribution in [0, 0.1) is 0 Å². The highest BCUT2D eigenvalue weighted by Gasteiger charge is 2.29. The summed E-state index contributed by atoms with van der Waals surface area (Å²) in [6.07, 6.45) is -0.687. The molecule has 0 saturated heterocycles. The molecule has 0 fully saturated rings. The van der Waals surface area contributed by atoms with E-state index >= 15 is 0 Å². The maximum atomic E-state index is 10.9. The molecule has 3 N–H and O–H groups in total. The minimum Gasteiger partial charge on any atom is -0.480 e. The van der Waals surface area contributed by atoms with Crippen LogP contribution < -0.4 is 5.32 Å². The van der Waals surface area contributed by atoms with Crippen molar-refractivity contribution < 1.29 is 24.5 Å². The molecular weight excluding hydrogens is 214 g/mol. The van der Waals surface area contributed by atoms with Gasteiger partial charge in [0.1, 0.15) is 6.61 Å². The van der Waals surface area contributed by atoms with Gasteiger partial charge in [-0.05, 0) is 27.7 Å². The Labute approximate surface area is 94.6 Å². The summed E-state index contributed by atoms with van der Waals surface area (Å²) < 4.78 is 5.43. The van der Waals surface area contributed by atoms with Crippen LogP contribution in [0.2, 0.25) is 0 Å². The van der Waals surface area contributed by atoms with E-state index in [1.165, 1.54) is 0 Å². The Morgan fingerprint density at radius 1 is 1.38 bits per heavy atom. The lowest BCUT2D eigenvalue weighted by atomic mass is 10.1. The van der Waals surface area contributed by atoms with Crippen molar-refractivity contribution in [2.75, 3.05) is 6.61 Å². The van der Waals surface area contributed by atoms with Gasteiger partial charge in [-0.15, -0.1) is 0 Å². The summed E-state index contributed by atoms with van der Waals surface area (Å²) in [5.74, 6) is -1.93. The van der Waals surface area contributed by atoms with Crippen molar-refractivity contribution in [2.45, 2.75) is 45.4 Å². The summed E-state index contributed by atoms with van der Waals surface area (Å²) in [5, 5.41) is 19.6. The van der Waals surface area contributed by atoms with Crippen LogP contribution in [0.1, 0.15) is 27.7 Å². The monoisotopic (exact) mass is 233 g/mol. The van der Waals surface area contributed by atoms with Crippen molar-refractivity contribution in [3.63, 3.8) is 0 Å². The van der Waals surface area contributed by atoms with E-state index in [2.05, 4.69) is 5.32 Å². The van der Waals surface area contributed by atoms with Crippen LogP contribution in [0.25, 0.3) is 0 Å². The molecule has 94 valence electrons. The van der Waals surface area contributed by atoms with Gasteiger partial charge in [-0.3, -0.25) is 4.79 Å². The molecule has 2 unspecified atom stereocenters. The number of nitrogens with one attached hydrogen (secondary N) is 1. The minimum atomic E-state index is -1.20. The van der Waals surface area contributed by atoms with Gasteiger partial charge in [0.05, 0.1) is 11.7 Å². The number of carbonyl (C=O) groups excluding carboxylic acids is 1. The lowest BCUT2D eigenvalue weighted by Crippen LogP contribution is -2.51. The minimum absolute atomic E-state index is 0.503. The predicted octanol–water partition coefficient (Wildman–Crippen LogP) is -0.248. The van der Waals surface area contributed by atoms with E-state index in [0.717, 1.165) is 0 Å². The molecule has 0 radical (unpaired) electrons. The van der Waals surface area contributed by atoms with Crippen LogP contribution in [0.4, 0.5) is 0 Å². The highest BCUT2D eigenvalue weighted by atomic mass is 16.5. The summed E-state index contributed by atoms with van der Waals surface area (Å²) in [6, 6.07) is -1.17. The number of hydrogen-bond donors (Lipinski definition) is 3. The summed E-state index contributed by atoms with van der Waals surface area (Å²) in [7, 11) is 0. The number of ether oxygens (including phenoxy) is 1. The van der Waals surface area contributed by atoms with Gasteiger partial charge < -0.3 is 20.3 Å². The molecule has 0 aliphatic rings. The fraction of sp³-hybridized carbons (Fsp3) is 0.800. The van der Waals surface area contributed by atoms with Gasteiger partial charge >= 0.3 is 5.97 Å². The van der Waals surface area contributed by atoms with E-state index in [0.29, 0.717) is 0 Å². The molecule has 0 bridgehead atoms. The number of amides is 1. The third-order valence-corrected chi connectivity index (χ3v) is 1.74. The van der Waals surface area contributed by atoms with Crippen molar-refractivity contribution >= 4 is 11.9 Å². The molecule has 0 aromatic carbocycles. The second kappa shape index (κ2) is 5.81. The van der Waals surface area contributed by atoms with E-state index in [1.807, 2.05) is 0 Å². The number of rotatable bonds is 5.